The summed E-state index contributed by atoms with van der Waals surface area (Å²) in [6.45, 7) is 0. The van der Waals surface area contributed by atoms with E-state index in [-0.39, 0.29) is 17.5 Å². The molecular weight excluding hydrogens is 561 g/mol. The van der Waals surface area contributed by atoms with Crippen molar-refractivity contribution >= 4 is 41.0 Å². The van der Waals surface area contributed by atoms with Gasteiger partial charge >= 0.3 is 8.32 Å². The molecule has 3 atom stereocenters. The number of hydrogen-bond acceptors (Lipinski definition) is 4. The highest BCUT2D eigenvalue weighted by Gasteiger charge is 2.57. The molecule has 0 amide bonds. The fraction of sp³-hybridized carbons (Fsp3) is 0.128. The third-order valence-electron chi connectivity index (χ3n) is 9.62. The molecule has 0 unspecified atom stereocenters. The smallest absolute Gasteiger partial charge is 0.347 e. The number of rotatable bonds is 4. The van der Waals surface area contributed by atoms with E-state index in [1.54, 1.807) is 19.2 Å². The molecule has 1 heterocycles. The maximum absolute atomic E-state index is 14.6. The van der Waals surface area contributed by atoms with Gasteiger partial charge in [0.05, 0.1) is 18.8 Å². The van der Waals surface area contributed by atoms with Gasteiger partial charge in [0.2, 0.25) is 0 Å². The van der Waals surface area contributed by atoms with Gasteiger partial charge in [-0.05, 0) is 32.8 Å². The normalized spacial score (nSPS) is 21.3. The third-order valence-corrected chi connectivity index (χ3v) is 13.7. The van der Waals surface area contributed by atoms with Crippen molar-refractivity contribution in [1.29, 1.82) is 0 Å². The molecule has 44 heavy (non-hydrogen) atoms. The molecule has 0 saturated heterocycles. The van der Waals surface area contributed by atoms with Crippen LogP contribution in [0.25, 0.3) is 5.57 Å². The Kier molecular flexibility index (Phi) is 6.24. The lowest BCUT2D eigenvalue weighted by molar-refractivity contribution is 0.0731. The molecule has 214 valence electrons. The molecule has 0 N–H and O–H groups in total. The van der Waals surface area contributed by atoms with Gasteiger partial charge in [-0.2, -0.15) is 0 Å². The molecule has 0 spiro atoms. The highest BCUT2D eigenvalue weighted by atomic mass is 28.4. The average Bonchev–Trinajstić information content (AvgIpc) is 3.10. The first-order valence-electron chi connectivity index (χ1n) is 15.1. The minimum absolute atomic E-state index is 0.00494. The molecule has 0 saturated carbocycles. The monoisotopic (exact) mass is 590 g/mol. The van der Waals surface area contributed by atoms with Gasteiger partial charge in [0.15, 0.2) is 11.6 Å². The van der Waals surface area contributed by atoms with Gasteiger partial charge in [0, 0.05) is 35.0 Å². The molecule has 5 heteroatoms. The molecule has 8 rings (SSSR count). The lowest BCUT2D eigenvalue weighted by Crippen LogP contribution is -2.71. The minimum Gasteiger partial charge on any atom is -0.533 e. The summed E-state index contributed by atoms with van der Waals surface area (Å²) in [7, 11) is -1.41. The van der Waals surface area contributed by atoms with Crippen LogP contribution in [0.15, 0.2) is 139 Å². The van der Waals surface area contributed by atoms with Crippen molar-refractivity contribution in [2.75, 3.05) is 7.11 Å². The van der Waals surface area contributed by atoms with Crippen LogP contribution >= 0.6 is 0 Å². The van der Waals surface area contributed by atoms with Crippen LogP contribution in [0, 0.1) is 11.8 Å². The summed E-state index contributed by atoms with van der Waals surface area (Å²) in [5.41, 5.74) is 3.79. The Labute approximate surface area is 257 Å². The number of methoxy groups -OCH3 is 1. The van der Waals surface area contributed by atoms with E-state index in [4.69, 9.17) is 9.16 Å². The molecule has 0 fully saturated rings. The highest BCUT2D eigenvalue weighted by molar-refractivity contribution is 7.07. The SMILES string of the molecule is COc1ccccc1[C@H]1CC2=C(c3ccccc3[Si](c3ccccc3)(c3ccccc3)O2)[C@H]2C(=O)c3ccccc3C(=O)[C@H]21. The predicted molar refractivity (Wildman–Crippen MR) is 174 cm³/mol. The quantitative estimate of drug-likeness (QED) is 0.245. The molecule has 4 nitrogen and oxygen atoms in total. The van der Waals surface area contributed by atoms with E-state index < -0.39 is 20.2 Å². The molecular formula is C39H30O4Si. The molecule has 0 aromatic heterocycles. The summed E-state index contributed by atoms with van der Waals surface area (Å²) < 4.78 is 13.4. The first kappa shape index (κ1) is 26.6. The van der Waals surface area contributed by atoms with Crippen molar-refractivity contribution in [2.45, 2.75) is 12.3 Å². The van der Waals surface area contributed by atoms with Crippen molar-refractivity contribution in [3.8, 4) is 5.75 Å². The summed E-state index contributed by atoms with van der Waals surface area (Å²) in [6.07, 6.45) is 0.487. The molecule has 5 aromatic rings. The van der Waals surface area contributed by atoms with Gasteiger partial charge in [0.1, 0.15) is 5.75 Å². The Morgan fingerprint density at radius 2 is 1.18 bits per heavy atom. The number of hydrogen-bond donors (Lipinski definition) is 0. The van der Waals surface area contributed by atoms with E-state index in [0.29, 0.717) is 23.3 Å². The number of benzene rings is 5. The average molecular weight is 591 g/mol. The second-order valence-corrected chi connectivity index (χ2v) is 15.0. The lowest BCUT2D eigenvalue weighted by Gasteiger charge is -2.48. The molecule has 3 aliphatic rings. The zero-order valence-electron chi connectivity index (χ0n) is 24.3. The zero-order valence-corrected chi connectivity index (χ0v) is 25.3. The Morgan fingerprint density at radius 3 is 1.84 bits per heavy atom. The van der Waals surface area contributed by atoms with Crippen LogP contribution in [-0.2, 0) is 4.43 Å². The van der Waals surface area contributed by atoms with Crippen molar-refractivity contribution in [2.24, 2.45) is 11.8 Å². The topological polar surface area (TPSA) is 52.6 Å². The third kappa shape index (κ3) is 3.75. The number of allylic oxidation sites excluding steroid dienone is 2. The van der Waals surface area contributed by atoms with Crippen LogP contribution in [0.5, 0.6) is 5.75 Å². The number of Topliss-reactive ketones (excluding diaryl/α,β-unsaturated/α-hetero) is 2. The Morgan fingerprint density at radius 1 is 0.636 bits per heavy atom. The van der Waals surface area contributed by atoms with Gasteiger partial charge < -0.3 is 9.16 Å². The largest absolute Gasteiger partial charge is 0.533 e. The summed E-state index contributed by atoms with van der Waals surface area (Å²) in [6, 6.07) is 44.5. The van der Waals surface area contributed by atoms with Crippen LogP contribution in [0.4, 0.5) is 0 Å². The number of fused-ring (bicyclic) bond motifs is 5. The van der Waals surface area contributed by atoms with Crippen molar-refractivity contribution in [1.82, 2.24) is 0 Å². The second kappa shape index (κ2) is 10.3. The Hall–Kier alpha value is -5.00. The zero-order chi connectivity index (χ0) is 29.8. The molecule has 0 bridgehead atoms. The summed E-state index contributed by atoms with van der Waals surface area (Å²) in [5, 5.41) is 3.37. The van der Waals surface area contributed by atoms with Crippen LogP contribution in [0.3, 0.4) is 0 Å². The highest BCUT2D eigenvalue weighted by Crippen LogP contribution is 2.55. The first-order chi connectivity index (χ1) is 21.6. The Bertz CT molecular complexity index is 1920. The van der Waals surface area contributed by atoms with E-state index in [0.717, 1.165) is 38.0 Å². The van der Waals surface area contributed by atoms with Gasteiger partial charge in [-0.15, -0.1) is 0 Å². The summed E-state index contributed by atoms with van der Waals surface area (Å²) in [4.78, 5) is 29.1. The number of carbonyl (C=O) groups is 2. The van der Waals surface area contributed by atoms with Crippen molar-refractivity contribution < 1.29 is 18.8 Å². The van der Waals surface area contributed by atoms with Crippen LogP contribution in [0.2, 0.25) is 0 Å². The van der Waals surface area contributed by atoms with Crippen molar-refractivity contribution in [3.63, 3.8) is 0 Å². The van der Waals surface area contributed by atoms with Crippen LogP contribution < -0.4 is 20.3 Å². The molecule has 0 radical (unpaired) electrons. The predicted octanol–water partition coefficient (Wildman–Crippen LogP) is 5.90. The fourth-order valence-corrected chi connectivity index (χ4v) is 11.9. The molecule has 2 aliphatic carbocycles. The van der Waals surface area contributed by atoms with E-state index in [2.05, 4.69) is 66.7 Å². The minimum atomic E-state index is -3.07. The van der Waals surface area contributed by atoms with E-state index in [1.165, 1.54) is 0 Å². The number of ketones is 2. The molecule has 5 aromatic carbocycles. The fourth-order valence-electron chi connectivity index (χ4n) is 7.81. The van der Waals surface area contributed by atoms with Gasteiger partial charge in [-0.25, -0.2) is 0 Å². The van der Waals surface area contributed by atoms with Gasteiger partial charge in [0.25, 0.3) is 0 Å². The second-order valence-electron chi connectivity index (χ2n) is 11.7. The molecule has 1 aliphatic heterocycles. The maximum atomic E-state index is 14.6. The lowest BCUT2D eigenvalue weighted by atomic mass is 9.59. The van der Waals surface area contributed by atoms with Crippen LogP contribution in [0.1, 0.15) is 44.2 Å². The van der Waals surface area contributed by atoms with Crippen LogP contribution in [-0.4, -0.2) is 27.0 Å². The number of para-hydroxylation sites is 1. The van der Waals surface area contributed by atoms with E-state index >= 15 is 0 Å². The van der Waals surface area contributed by atoms with E-state index in [9.17, 15) is 9.59 Å². The summed E-state index contributed by atoms with van der Waals surface area (Å²) in [5.74, 6) is -0.0497. The number of carbonyl (C=O) groups excluding carboxylic acids is 2. The maximum Gasteiger partial charge on any atom is 0.347 e. The van der Waals surface area contributed by atoms with E-state index in [1.807, 2.05) is 54.6 Å². The van der Waals surface area contributed by atoms with Gasteiger partial charge in [-0.3, -0.25) is 9.59 Å². The standard InChI is InChI=1S/C39H30O4Si/c1-42-32-22-12-10-18-27(32)31-24-33-35(37-36(31)38(40)28-19-8-9-20-29(28)39(37)41)30-21-11-13-23-34(30)44(43-33,25-14-4-2-5-15-25)26-16-6-3-7-17-26/h2-23,31,36-37H,24H2,1H3/t31-,36+,37-/m1/s1. The summed E-state index contributed by atoms with van der Waals surface area (Å²) >= 11 is 0. The van der Waals surface area contributed by atoms with Crippen molar-refractivity contribution in [3.05, 3.63) is 161 Å². The number of ether oxygens (including phenoxy) is 1. The first-order valence-corrected chi connectivity index (χ1v) is 17.0. The van der Waals surface area contributed by atoms with Gasteiger partial charge in [-0.1, -0.05) is 127 Å². The Balaban J connectivity index is 1.43.